The van der Waals surface area contributed by atoms with Gasteiger partial charge in [0.25, 0.3) is 5.91 Å². The summed E-state index contributed by atoms with van der Waals surface area (Å²) in [6.45, 7) is 1.59. The molecule has 0 spiro atoms. The molecule has 0 bridgehead atoms. The van der Waals surface area contributed by atoms with E-state index in [2.05, 4.69) is 9.88 Å². The largest absolute Gasteiger partial charge is 0.309 e. The maximum Gasteiger partial charge on any atom is 0.252 e. The van der Waals surface area contributed by atoms with Gasteiger partial charge in [-0.1, -0.05) is 29.5 Å². The molecule has 4 nitrogen and oxygen atoms in total. The van der Waals surface area contributed by atoms with Gasteiger partial charge in [-0.05, 0) is 56.7 Å². The summed E-state index contributed by atoms with van der Waals surface area (Å²) < 4.78 is 1.10. The molecule has 2 aromatic heterocycles. The van der Waals surface area contributed by atoms with E-state index < -0.39 is 0 Å². The molecule has 0 fully saturated rings. The monoisotopic (exact) mass is 407 g/mol. The predicted molar refractivity (Wildman–Crippen MR) is 116 cm³/mol. The molecule has 0 aliphatic carbocycles. The molecule has 0 radical (unpaired) electrons. The molecule has 1 amide bonds. The Hall–Kier alpha value is -1.73. The fourth-order valence-electron chi connectivity index (χ4n) is 2.45. The normalized spacial score (nSPS) is 11.2. The second-order valence-electron chi connectivity index (χ2n) is 5.96. The number of para-hydroxylation sites is 1. The molecule has 0 aliphatic heterocycles. The van der Waals surface area contributed by atoms with Crippen LogP contribution in [0, 0.1) is 0 Å². The highest BCUT2D eigenvalue weighted by Gasteiger charge is 2.17. The van der Waals surface area contributed by atoms with E-state index in [9.17, 15) is 4.79 Å². The first-order chi connectivity index (χ1) is 12.1. The van der Waals surface area contributed by atoms with Gasteiger partial charge in [0.1, 0.15) is 0 Å². The lowest BCUT2D eigenvalue weighted by molar-refractivity contribution is -0.114. The van der Waals surface area contributed by atoms with Crippen LogP contribution >= 0.6 is 35.1 Å². The minimum Gasteiger partial charge on any atom is -0.309 e. The third kappa shape index (κ3) is 5.38. The molecule has 3 rings (SSSR count). The summed E-state index contributed by atoms with van der Waals surface area (Å²) in [6.07, 6.45) is 4.42. The molecule has 3 aromatic rings. The molecule has 7 heteroatoms. The van der Waals surface area contributed by atoms with Crippen LogP contribution in [-0.2, 0) is 4.79 Å². The molecule has 0 saturated carbocycles. The highest BCUT2D eigenvalue weighted by Crippen LogP contribution is 2.29. The number of amides is 1. The van der Waals surface area contributed by atoms with Crippen LogP contribution in [0.15, 0.2) is 47.9 Å². The summed E-state index contributed by atoms with van der Waals surface area (Å²) in [5.74, 6) is -0.0220. The smallest absolute Gasteiger partial charge is 0.252 e. The Balaban J connectivity index is 0.00000243. The second-order valence-corrected chi connectivity index (χ2v) is 7.95. The van der Waals surface area contributed by atoms with Gasteiger partial charge < -0.3 is 4.90 Å². The molecule has 0 atom stereocenters. The summed E-state index contributed by atoms with van der Waals surface area (Å²) in [5.41, 5.74) is 0.940. The fourth-order valence-corrected chi connectivity index (χ4v) is 4.07. The Morgan fingerprint density at radius 1 is 1.15 bits per heavy atom. The summed E-state index contributed by atoms with van der Waals surface area (Å²) in [6, 6.07) is 12.0. The molecule has 0 saturated heterocycles. The van der Waals surface area contributed by atoms with E-state index >= 15 is 0 Å². The van der Waals surface area contributed by atoms with Crippen LogP contribution < -0.4 is 4.90 Å². The zero-order chi connectivity index (χ0) is 17.6. The minimum absolute atomic E-state index is 0. The molecule has 2 heterocycles. The molecular weight excluding hydrogens is 386 g/mol. The maximum atomic E-state index is 12.8. The van der Waals surface area contributed by atoms with Gasteiger partial charge in [0.05, 0.1) is 10.2 Å². The van der Waals surface area contributed by atoms with Crippen LogP contribution in [0.2, 0.25) is 0 Å². The average Bonchev–Trinajstić information content (AvgIpc) is 3.25. The van der Waals surface area contributed by atoms with Crippen molar-refractivity contribution in [1.82, 2.24) is 9.88 Å². The van der Waals surface area contributed by atoms with E-state index in [4.69, 9.17) is 0 Å². The molecule has 0 aliphatic rings. The number of aromatic nitrogens is 1. The number of carbonyl (C=O) groups excluding carboxylic acids is 1. The Morgan fingerprint density at radius 3 is 2.65 bits per heavy atom. The number of anilines is 1. The van der Waals surface area contributed by atoms with E-state index in [0.717, 1.165) is 33.2 Å². The number of hydrogen-bond acceptors (Lipinski definition) is 5. The van der Waals surface area contributed by atoms with Crippen LogP contribution in [0.4, 0.5) is 5.13 Å². The number of nitrogens with zero attached hydrogens (tertiary/aromatic N) is 3. The minimum atomic E-state index is -0.0220. The average molecular weight is 408 g/mol. The standard InChI is InChI=1S/C19H21N3OS2.ClH/c1-21(2)12-6-13-22(18(23)11-10-15-7-5-14-24-15)19-20-16-8-3-4-9-17(16)25-19;/h3-5,7-11,14H,6,12-13H2,1-2H3;1H/b11-10+;. The van der Waals surface area contributed by atoms with Crippen LogP contribution in [-0.4, -0.2) is 43.0 Å². The van der Waals surface area contributed by atoms with E-state index in [0.29, 0.717) is 6.54 Å². The molecule has 0 unspecified atom stereocenters. The first kappa shape index (κ1) is 20.6. The van der Waals surface area contributed by atoms with E-state index in [-0.39, 0.29) is 18.3 Å². The van der Waals surface area contributed by atoms with Crippen molar-refractivity contribution in [2.24, 2.45) is 0 Å². The SMILES string of the molecule is CN(C)CCCN(C(=O)/C=C/c1cccs1)c1nc2ccccc2s1.Cl. The van der Waals surface area contributed by atoms with Gasteiger partial charge in [-0.15, -0.1) is 23.7 Å². The van der Waals surface area contributed by atoms with Crippen molar-refractivity contribution < 1.29 is 4.79 Å². The number of halogens is 1. The third-order valence-electron chi connectivity index (χ3n) is 3.70. The Kier molecular flexibility index (Phi) is 7.78. The second kappa shape index (κ2) is 9.83. The highest BCUT2D eigenvalue weighted by molar-refractivity contribution is 7.22. The zero-order valence-corrected chi connectivity index (χ0v) is 17.2. The number of hydrogen-bond donors (Lipinski definition) is 0. The number of benzene rings is 1. The van der Waals surface area contributed by atoms with Gasteiger partial charge in [-0.3, -0.25) is 9.69 Å². The van der Waals surface area contributed by atoms with Crippen molar-refractivity contribution in [3.05, 3.63) is 52.7 Å². The van der Waals surface area contributed by atoms with Crippen molar-refractivity contribution in [2.75, 3.05) is 32.1 Å². The Labute approximate surface area is 168 Å². The zero-order valence-electron chi connectivity index (χ0n) is 14.8. The lowest BCUT2D eigenvalue weighted by atomic mass is 10.3. The number of carbonyl (C=O) groups is 1. The van der Waals surface area contributed by atoms with Crippen LogP contribution in [0.1, 0.15) is 11.3 Å². The predicted octanol–water partition coefficient (Wildman–Crippen LogP) is 4.78. The first-order valence-corrected chi connectivity index (χ1v) is 9.86. The summed E-state index contributed by atoms with van der Waals surface area (Å²) in [5, 5.41) is 2.77. The van der Waals surface area contributed by atoms with E-state index in [1.807, 2.05) is 61.9 Å². The van der Waals surface area contributed by atoms with Crippen molar-refractivity contribution in [3.8, 4) is 0 Å². The quantitative estimate of drug-likeness (QED) is 0.529. The van der Waals surface area contributed by atoms with Gasteiger partial charge in [-0.25, -0.2) is 4.98 Å². The number of fused-ring (bicyclic) bond motifs is 1. The van der Waals surface area contributed by atoms with Crippen molar-refractivity contribution >= 4 is 62.4 Å². The van der Waals surface area contributed by atoms with Gasteiger partial charge >= 0.3 is 0 Å². The van der Waals surface area contributed by atoms with Gasteiger partial charge in [-0.2, -0.15) is 0 Å². The highest BCUT2D eigenvalue weighted by atomic mass is 35.5. The number of thiophene rings is 1. The summed E-state index contributed by atoms with van der Waals surface area (Å²) in [7, 11) is 4.08. The van der Waals surface area contributed by atoms with Crippen LogP contribution in [0.5, 0.6) is 0 Å². The van der Waals surface area contributed by atoms with Crippen molar-refractivity contribution in [2.45, 2.75) is 6.42 Å². The fraction of sp³-hybridized carbons (Fsp3) is 0.263. The van der Waals surface area contributed by atoms with Crippen LogP contribution in [0.25, 0.3) is 16.3 Å². The number of thiazole rings is 1. The van der Waals surface area contributed by atoms with Gasteiger partial charge in [0.2, 0.25) is 0 Å². The van der Waals surface area contributed by atoms with Crippen molar-refractivity contribution in [3.63, 3.8) is 0 Å². The molecule has 138 valence electrons. The van der Waals surface area contributed by atoms with E-state index in [1.165, 1.54) is 0 Å². The lowest BCUT2D eigenvalue weighted by Gasteiger charge is -2.19. The summed E-state index contributed by atoms with van der Waals surface area (Å²) in [4.78, 5) is 22.4. The first-order valence-electron chi connectivity index (χ1n) is 8.17. The van der Waals surface area contributed by atoms with Crippen molar-refractivity contribution in [1.29, 1.82) is 0 Å². The molecule has 0 N–H and O–H groups in total. The lowest BCUT2D eigenvalue weighted by Crippen LogP contribution is -2.32. The molecule has 1 aromatic carbocycles. The topological polar surface area (TPSA) is 36.4 Å². The van der Waals surface area contributed by atoms with Gasteiger partial charge in [0.15, 0.2) is 5.13 Å². The molecular formula is C19H22ClN3OS2. The Bertz CT molecular complexity index is 826. The molecule has 26 heavy (non-hydrogen) atoms. The maximum absolute atomic E-state index is 12.8. The Morgan fingerprint density at radius 2 is 1.96 bits per heavy atom. The number of rotatable bonds is 7. The third-order valence-corrected chi connectivity index (χ3v) is 5.60. The van der Waals surface area contributed by atoms with E-state index in [1.54, 1.807) is 33.6 Å². The summed E-state index contributed by atoms with van der Waals surface area (Å²) >= 11 is 3.19. The van der Waals surface area contributed by atoms with Crippen LogP contribution in [0.3, 0.4) is 0 Å². The van der Waals surface area contributed by atoms with Gasteiger partial charge in [0, 0.05) is 17.5 Å².